The quantitative estimate of drug-likeness (QED) is 0.823. The van der Waals surface area contributed by atoms with E-state index in [-0.39, 0.29) is 19.3 Å². The first kappa shape index (κ1) is 13.2. The summed E-state index contributed by atoms with van der Waals surface area (Å²) in [5.74, 6) is -2.74. The van der Waals surface area contributed by atoms with Crippen LogP contribution in [0.25, 0.3) is 0 Å². The summed E-state index contributed by atoms with van der Waals surface area (Å²) in [5.41, 5.74) is 0.430. The number of nitrogens with zero attached hydrogens (tertiary/aromatic N) is 1. The van der Waals surface area contributed by atoms with E-state index in [1.165, 1.54) is 18.2 Å². The first-order valence-electron chi connectivity index (χ1n) is 5.81. The van der Waals surface area contributed by atoms with Crippen molar-refractivity contribution < 1.29 is 23.9 Å². The van der Waals surface area contributed by atoms with E-state index in [9.17, 15) is 18.8 Å². The van der Waals surface area contributed by atoms with Crippen molar-refractivity contribution in [3.63, 3.8) is 0 Å². The Morgan fingerprint density at radius 2 is 1.95 bits per heavy atom. The number of benzene rings is 1. The van der Waals surface area contributed by atoms with Crippen LogP contribution in [0.4, 0.5) is 4.39 Å². The van der Waals surface area contributed by atoms with Gasteiger partial charge in [0, 0.05) is 19.3 Å². The molecule has 2 rings (SSSR count). The van der Waals surface area contributed by atoms with Gasteiger partial charge in [0.25, 0.3) is 0 Å². The van der Waals surface area contributed by atoms with Gasteiger partial charge in [-0.25, -0.2) is 9.18 Å². The normalized spacial score (nSPS) is 16.8. The molecule has 0 aromatic heterocycles. The molecule has 1 fully saturated rings. The highest BCUT2D eigenvalue weighted by Gasteiger charge is 2.38. The molecular formula is C13H12FNO4. The topological polar surface area (TPSA) is 74.7 Å². The van der Waals surface area contributed by atoms with Crippen molar-refractivity contribution in [2.24, 2.45) is 0 Å². The van der Waals surface area contributed by atoms with Gasteiger partial charge in [-0.05, 0) is 17.7 Å². The molecule has 1 heterocycles. The monoisotopic (exact) mass is 265 g/mol. The van der Waals surface area contributed by atoms with Crippen molar-refractivity contribution in [1.29, 1.82) is 0 Å². The summed E-state index contributed by atoms with van der Waals surface area (Å²) in [5, 5.41) is 9.16. The summed E-state index contributed by atoms with van der Waals surface area (Å²) < 4.78 is 13.1. The molecule has 1 atom stereocenters. The average molecular weight is 265 g/mol. The molecular weight excluding hydrogens is 253 g/mol. The van der Waals surface area contributed by atoms with E-state index in [1.54, 1.807) is 6.07 Å². The number of carbonyl (C=O) groups is 3. The predicted octanol–water partition coefficient (Wildman–Crippen LogP) is 0.970. The summed E-state index contributed by atoms with van der Waals surface area (Å²) in [7, 11) is 0. The molecule has 1 N–H and O–H groups in total. The zero-order valence-electron chi connectivity index (χ0n) is 10.0. The molecule has 19 heavy (non-hydrogen) atoms. The van der Waals surface area contributed by atoms with E-state index in [4.69, 9.17) is 5.11 Å². The highest BCUT2D eigenvalue weighted by molar-refractivity contribution is 6.04. The number of halogens is 1. The van der Waals surface area contributed by atoms with Crippen LogP contribution < -0.4 is 0 Å². The number of aliphatic carboxylic acids is 1. The molecule has 5 nitrogen and oxygen atoms in total. The number of hydrogen-bond acceptors (Lipinski definition) is 3. The fourth-order valence-electron chi connectivity index (χ4n) is 2.12. The third-order valence-electron chi connectivity index (χ3n) is 3.00. The fourth-order valence-corrected chi connectivity index (χ4v) is 2.12. The lowest BCUT2D eigenvalue weighted by Gasteiger charge is -2.22. The molecule has 1 aromatic rings. The number of likely N-dealkylation sites (tertiary alicyclic amines) is 1. The number of rotatable bonds is 4. The van der Waals surface area contributed by atoms with Gasteiger partial charge in [0.15, 0.2) is 0 Å². The average Bonchev–Trinajstić information content (AvgIpc) is 2.66. The second-order valence-electron chi connectivity index (χ2n) is 4.35. The summed E-state index contributed by atoms with van der Waals surface area (Å²) >= 11 is 0. The van der Waals surface area contributed by atoms with Gasteiger partial charge >= 0.3 is 5.97 Å². The first-order valence-corrected chi connectivity index (χ1v) is 5.81. The smallest absolute Gasteiger partial charge is 0.327 e. The summed E-state index contributed by atoms with van der Waals surface area (Å²) in [4.78, 5) is 35.1. The number of imide groups is 1. The Bertz CT molecular complexity index is 527. The third-order valence-corrected chi connectivity index (χ3v) is 3.00. The molecule has 0 spiro atoms. The predicted molar refractivity (Wildman–Crippen MR) is 62.6 cm³/mol. The van der Waals surface area contributed by atoms with Crippen LogP contribution >= 0.6 is 0 Å². The second-order valence-corrected chi connectivity index (χ2v) is 4.35. The van der Waals surface area contributed by atoms with Gasteiger partial charge in [-0.1, -0.05) is 12.1 Å². The Morgan fingerprint density at radius 1 is 1.32 bits per heavy atom. The van der Waals surface area contributed by atoms with Crippen molar-refractivity contribution >= 4 is 17.8 Å². The van der Waals surface area contributed by atoms with Crippen molar-refractivity contribution in [3.05, 3.63) is 35.6 Å². The molecule has 6 heteroatoms. The van der Waals surface area contributed by atoms with E-state index in [0.717, 1.165) is 4.90 Å². The molecule has 0 unspecified atom stereocenters. The van der Waals surface area contributed by atoms with Crippen molar-refractivity contribution in [2.45, 2.75) is 25.3 Å². The minimum atomic E-state index is -1.27. The molecule has 1 aromatic carbocycles. The molecule has 0 bridgehead atoms. The summed E-state index contributed by atoms with van der Waals surface area (Å²) in [6, 6.07) is 4.18. The lowest BCUT2D eigenvalue weighted by Crippen LogP contribution is -2.45. The molecule has 1 saturated heterocycles. The fraction of sp³-hybridized carbons (Fsp3) is 0.308. The Morgan fingerprint density at radius 3 is 2.47 bits per heavy atom. The van der Waals surface area contributed by atoms with Gasteiger partial charge in [-0.15, -0.1) is 0 Å². The molecule has 0 radical (unpaired) electrons. The SMILES string of the molecule is O=C(O)[C@H](Cc1cccc(F)c1)N1C(=O)CCC1=O. The Balaban J connectivity index is 2.24. The van der Waals surface area contributed by atoms with Crippen molar-refractivity contribution in [2.75, 3.05) is 0 Å². The first-order chi connectivity index (χ1) is 8.99. The lowest BCUT2D eigenvalue weighted by molar-refractivity contribution is -0.154. The van der Waals surface area contributed by atoms with E-state index < -0.39 is 29.6 Å². The summed E-state index contributed by atoms with van der Waals surface area (Å²) in [6.07, 6.45) is -0.0257. The van der Waals surface area contributed by atoms with Crippen LogP contribution in [-0.2, 0) is 20.8 Å². The number of carbonyl (C=O) groups excluding carboxylic acids is 2. The molecule has 1 aliphatic heterocycles. The van der Waals surface area contributed by atoms with E-state index in [2.05, 4.69) is 0 Å². The number of carboxylic acid groups (broad SMARTS) is 1. The minimum Gasteiger partial charge on any atom is -0.480 e. The second kappa shape index (κ2) is 5.17. The standard InChI is InChI=1S/C13H12FNO4/c14-9-3-1-2-8(6-9)7-10(13(18)19)15-11(16)4-5-12(15)17/h1-3,6,10H,4-5,7H2,(H,18,19)/t10-/m0/s1. The Labute approximate surface area is 108 Å². The Hall–Kier alpha value is -2.24. The molecule has 0 saturated carbocycles. The van der Waals surface area contributed by atoms with E-state index >= 15 is 0 Å². The van der Waals surface area contributed by atoms with Crippen molar-refractivity contribution in [1.82, 2.24) is 4.90 Å². The molecule has 100 valence electrons. The maximum atomic E-state index is 13.1. The third kappa shape index (κ3) is 2.78. The van der Waals surface area contributed by atoms with Crippen LogP contribution in [-0.4, -0.2) is 33.8 Å². The molecule has 1 aliphatic rings. The van der Waals surface area contributed by atoms with Gasteiger partial charge in [-0.3, -0.25) is 14.5 Å². The van der Waals surface area contributed by atoms with Crippen LogP contribution in [0.3, 0.4) is 0 Å². The zero-order chi connectivity index (χ0) is 14.0. The maximum Gasteiger partial charge on any atom is 0.327 e. The minimum absolute atomic E-state index is 0.0335. The number of amides is 2. The van der Waals surface area contributed by atoms with Gasteiger partial charge in [0.05, 0.1) is 0 Å². The van der Waals surface area contributed by atoms with Crippen LogP contribution in [0.2, 0.25) is 0 Å². The van der Waals surface area contributed by atoms with Gasteiger partial charge < -0.3 is 5.11 Å². The van der Waals surface area contributed by atoms with Gasteiger partial charge in [0.1, 0.15) is 11.9 Å². The molecule has 2 amide bonds. The maximum absolute atomic E-state index is 13.1. The molecule has 0 aliphatic carbocycles. The van der Waals surface area contributed by atoms with Crippen LogP contribution in [0.5, 0.6) is 0 Å². The van der Waals surface area contributed by atoms with Crippen LogP contribution in [0.1, 0.15) is 18.4 Å². The number of hydrogen-bond donors (Lipinski definition) is 1. The lowest BCUT2D eigenvalue weighted by atomic mass is 10.0. The Kier molecular flexibility index (Phi) is 3.59. The van der Waals surface area contributed by atoms with Gasteiger partial charge in [0.2, 0.25) is 11.8 Å². The van der Waals surface area contributed by atoms with Crippen LogP contribution in [0.15, 0.2) is 24.3 Å². The highest BCUT2D eigenvalue weighted by atomic mass is 19.1. The highest BCUT2D eigenvalue weighted by Crippen LogP contribution is 2.19. The summed E-state index contributed by atoms with van der Waals surface area (Å²) in [6.45, 7) is 0. The van der Waals surface area contributed by atoms with E-state index in [0.29, 0.717) is 5.56 Å². The van der Waals surface area contributed by atoms with E-state index in [1.807, 2.05) is 0 Å². The number of carboxylic acids is 1. The van der Waals surface area contributed by atoms with Crippen molar-refractivity contribution in [3.8, 4) is 0 Å². The van der Waals surface area contributed by atoms with Gasteiger partial charge in [-0.2, -0.15) is 0 Å². The largest absolute Gasteiger partial charge is 0.480 e. The zero-order valence-corrected chi connectivity index (χ0v) is 10.0. The van der Waals surface area contributed by atoms with Crippen LogP contribution in [0, 0.1) is 5.82 Å².